The van der Waals surface area contributed by atoms with Gasteiger partial charge in [-0.1, -0.05) is 0 Å². The van der Waals surface area contributed by atoms with E-state index in [2.05, 4.69) is 38.0 Å². The third-order valence-corrected chi connectivity index (χ3v) is 2.89. The van der Waals surface area contributed by atoms with Crippen molar-refractivity contribution in [1.29, 1.82) is 0 Å². The first-order chi connectivity index (χ1) is 5.33. The molecule has 4 heteroatoms. The molecule has 0 radical (unpaired) electrons. The lowest BCUT2D eigenvalue weighted by Gasteiger charge is -2.00. The van der Waals surface area contributed by atoms with Crippen molar-refractivity contribution in [2.45, 2.75) is 0 Å². The van der Waals surface area contributed by atoms with Crippen LogP contribution in [0.25, 0.3) is 0 Å². The maximum Gasteiger partial charge on any atom is 0.0894 e. The average Bonchev–Trinajstić information content (AvgIpc) is 2.37. The van der Waals surface area contributed by atoms with Gasteiger partial charge < -0.3 is 10.6 Å². The van der Waals surface area contributed by atoms with Crippen LogP contribution < -0.4 is 10.6 Å². The van der Waals surface area contributed by atoms with Crippen LogP contribution in [0.3, 0.4) is 0 Å². The highest BCUT2D eigenvalue weighted by Gasteiger charge is 1.93. The minimum Gasteiger partial charge on any atom is -0.376 e. The van der Waals surface area contributed by atoms with Crippen LogP contribution in [0.2, 0.25) is 0 Å². The minimum atomic E-state index is 0.976. The Kier molecular flexibility index (Phi) is 3.90. The molecule has 2 nitrogen and oxygen atoms in total. The predicted octanol–water partition coefficient (Wildman–Crippen LogP) is 2.14. The van der Waals surface area contributed by atoms with Gasteiger partial charge in [0.15, 0.2) is 0 Å². The highest BCUT2D eigenvalue weighted by atomic mass is 79.9. The van der Waals surface area contributed by atoms with Crippen LogP contribution >= 0.6 is 27.3 Å². The largest absolute Gasteiger partial charge is 0.376 e. The molecule has 0 atom stereocenters. The van der Waals surface area contributed by atoms with Crippen LogP contribution in [0.4, 0.5) is 5.00 Å². The van der Waals surface area contributed by atoms with Crippen LogP contribution in [0.15, 0.2) is 15.9 Å². The lowest BCUT2D eigenvalue weighted by atomic mass is 10.6. The molecule has 1 heterocycles. The van der Waals surface area contributed by atoms with Crippen molar-refractivity contribution in [1.82, 2.24) is 5.32 Å². The molecule has 11 heavy (non-hydrogen) atoms. The quantitative estimate of drug-likeness (QED) is 0.781. The van der Waals surface area contributed by atoms with Gasteiger partial charge in [0.2, 0.25) is 0 Å². The van der Waals surface area contributed by atoms with Gasteiger partial charge in [-0.3, -0.25) is 0 Å². The van der Waals surface area contributed by atoms with Crippen molar-refractivity contribution in [3.8, 4) is 0 Å². The number of hydrogen-bond donors (Lipinski definition) is 2. The van der Waals surface area contributed by atoms with E-state index in [0.717, 1.165) is 17.6 Å². The number of likely N-dealkylation sites (N-methyl/N-ethyl adjacent to an activating group) is 1. The van der Waals surface area contributed by atoms with Gasteiger partial charge in [0.05, 0.1) is 5.00 Å². The third kappa shape index (κ3) is 3.22. The highest BCUT2D eigenvalue weighted by Crippen LogP contribution is 2.23. The van der Waals surface area contributed by atoms with Crippen LogP contribution in [0, 0.1) is 0 Å². The van der Waals surface area contributed by atoms with Crippen molar-refractivity contribution in [2.24, 2.45) is 0 Å². The molecular formula is C7H11BrN2S. The normalized spacial score (nSPS) is 10.0. The lowest BCUT2D eigenvalue weighted by Crippen LogP contribution is -2.17. The van der Waals surface area contributed by atoms with E-state index in [0.29, 0.717) is 0 Å². The minimum absolute atomic E-state index is 0.976. The molecule has 0 aliphatic carbocycles. The molecule has 0 aliphatic rings. The number of halogens is 1. The van der Waals surface area contributed by atoms with Gasteiger partial charge in [-0.15, -0.1) is 11.3 Å². The molecule has 0 aromatic carbocycles. The number of hydrogen-bond acceptors (Lipinski definition) is 3. The molecule has 0 bridgehead atoms. The fourth-order valence-electron chi connectivity index (χ4n) is 0.716. The third-order valence-electron chi connectivity index (χ3n) is 1.24. The number of nitrogens with one attached hydrogen (secondary N) is 2. The van der Waals surface area contributed by atoms with Crippen LogP contribution in [0.5, 0.6) is 0 Å². The fourth-order valence-corrected chi connectivity index (χ4v) is 2.07. The lowest BCUT2D eigenvalue weighted by molar-refractivity contribution is 0.825. The molecule has 2 N–H and O–H groups in total. The second-order valence-corrected chi connectivity index (χ2v) is 3.99. The predicted molar refractivity (Wildman–Crippen MR) is 54.4 cm³/mol. The topological polar surface area (TPSA) is 24.1 Å². The number of anilines is 1. The molecule has 0 saturated carbocycles. The van der Waals surface area contributed by atoms with Crippen molar-refractivity contribution in [3.05, 3.63) is 15.9 Å². The van der Waals surface area contributed by atoms with Gasteiger partial charge in [0.1, 0.15) is 0 Å². The van der Waals surface area contributed by atoms with Crippen molar-refractivity contribution in [3.63, 3.8) is 0 Å². The summed E-state index contributed by atoms with van der Waals surface area (Å²) in [5.74, 6) is 0. The second-order valence-electron chi connectivity index (χ2n) is 2.16. The average molecular weight is 235 g/mol. The van der Waals surface area contributed by atoms with Gasteiger partial charge in [0, 0.05) is 22.9 Å². The van der Waals surface area contributed by atoms with E-state index in [1.54, 1.807) is 11.3 Å². The summed E-state index contributed by atoms with van der Waals surface area (Å²) in [5, 5.41) is 9.65. The number of thiophene rings is 1. The first kappa shape index (κ1) is 9.03. The highest BCUT2D eigenvalue weighted by molar-refractivity contribution is 9.10. The van der Waals surface area contributed by atoms with Crippen molar-refractivity contribution >= 4 is 32.3 Å². The Morgan fingerprint density at radius 1 is 1.55 bits per heavy atom. The second kappa shape index (κ2) is 4.74. The molecule has 62 valence electrons. The number of rotatable bonds is 4. The summed E-state index contributed by atoms with van der Waals surface area (Å²) in [6.45, 7) is 1.97. The van der Waals surface area contributed by atoms with Gasteiger partial charge in [-0.05, 0) is 29.0 Å². The summed E-state index contributed by atoms with van der Waals surface area (Å²) in [4.78, 5) is 0. The fraction of sp³-hybridized carbons (Fsp3) is 0.429. The first-order valence-electron chi connectivity index (χ1n) is 3.45. The molecule has 1 aromatic rings. The van der Waals surface area contributed by atoms with Crippen molar-refractivity contribution < 1.29 is 0 Å². The Balaban J connectivity index is 2.27. The molecule has 1 rings (SSSR count). The smallest absolute Gasteiger partial charge is 0.0894 e. The van der Waals surface area contributed by atoms with Crippen LogP contribution in [-0.2, 0) is 0 Å². The zero-order valence-corrected chi connectivity index (χ0v) is 8.76. The monoisotopic (exact) mass is 234 g/mol. The summed E-state index contributed by atoms with van der Waals surface area (Å²) in [5.41, 5.74) is 0. The molecule has 1 aromatic heterocycles. The van der Waals surface area contributed by atoms with Gasteiger partial charge in [0.25, 0.3) is 0 Å². The van der Waals surface area contributed by atoms with Gasteiger partial charge >= 0.3 is 0 Å². The van der Waals surface area contributed by atoms with E-state index in [-0.39, 0.29) is 0 Å². The standard InChI is InChI=1S/C7H11BrN2S/c1-9-2-3-10-7-4-6(8)5-11-7/h4-5,9-10H,2-3H2,1H3. The Hall–Kier alpha value is -0.0600. The molecule has 0 fully saturated rings. The van der Waals surface area contributed by atoms with Gasteiger partial charge in [-0.2, -0.15) is 0 Å². The van der Waals surface area contributed by atoms with E-state index in [1.807, 2.05) is 7.05 Å². The summed E-state index contributed by atoms with van der Waals surface area (Å²) in [6.07, 6.45) is 0. The molecule has 0 aliphatic heterocycles. The van der Waals surface area contributed by atoms with E-state index in [1.165, 1.54) is 5.00 Å². The van der Waals surface area contributed by atoms with Crippen LogP contribution in [0.1, 0.15) is 0 Å². The SMILES string of the molecule is CNCCNc1cc(Br)cs1. The zero-order valence-electron chi connectivity index (χ0n) is 6.36. The summed E-state index contributed by atoms with van der Waals surface area (Å²) in [6, 6.07) is 2.08. The maximum atomic E-state index is 3.40. The van der Waals surface area contributed by atoms with E-state index in [9.17, 15) is 0 Å². The van der Waals surface area contributed by atoms with Gasteiger partial charge in [-0.25, -0.2) is 0 Å². The zero-order chi connectivity index (χ0) is 8.10. The van der Waals surface area contributed by atoms with E-state index >= 15 is 0 Å². The summed E-state index contributed by atoms with van der Waals surface area (Å²) >= 11 is 5.11. The summed E-state index contributed by atoms with van der Waals surface area (Å²) < 4.78 is 1.15. The van der Waals surface area contributed by atoms with E-state index < -0.39 is 0 Å². The van der Waals surface area contributed by atoms with Crippen LogP contribution in [-0.4, -0.2) is 20.1 Å². The molecule has 0 saturated heterocycles. The maximum absolute atomic E-state index is 3.40. The Morgan fingerprint density at radius 3 is 2.91 bits per heavy atom. The van der Waals surface area contributed by atoms with E-state index in [4.69, 9.17) is 0 Å². The van der Waals surface area contributed by atoms with Crippen molar-refractivity contribution in [2.75, 3.05) is 25.5 Å². The molecule has 0 spiro atoms. The molecule has 0 amide bonds. The Bertz CT molecular complexity index is 212. The first-order valence-corrected chi connectivity index (χ1v) is 5.12. The Labute approximate surface area is 79.1 Å². The summed E-state index contributed by atoms with van der Waals surface area (Å²) in [7, 11) is 1.95. The molecule has 0 unspecified atom stereocenters. The Morgan fingerprint density at radius 2 is 2.36 bits per heavy atom. The molecular weight excluding hydrogens is 224 g/mol.